The Morgan fingerprint density at radius 1 is 1.35 bits per heavy atom. The highest BCUT2D eigenvalue weighted by atomic mass is 16.5. The molecule has 0 aliphatic carbocycles. The first kappa shape index (κ1) is 13.0. The van der Waals surface area contributed by atoms with Gasteiger partial charge < -0.3 is 9.47 Å². The Morgan fingerprint density at radius 2 is 2.20 bits per heavy atom. The van der Waals surface area contributed by atoms with E-state index in [1.54, 1.807) is 0 Å². The molecule has 0 N–H and O–H groups in total. The molecule has 4 nitrogen and oxygen atoms in total. The molecule has 4 heteroatoms. The molecule has 0 saturated carbocycles. The lowest BCUT2D eigenvalue weighted by molar-refractivity contribution is 0.317. The van der Waals surface area contributed by atoms with Gasteiger partial charge in [-0.05, 0) is 31.0 Å². The molecule has 1 aliphatic heterocycles. The van der Waals surface area contributed by atoms with Crippen molar-refractivity contribution in [1.29, 1.82) is 0 Å². The molecule has 20 heavy (non-hydrogen) atoms. The Balaban J connectivity index is 1.63. The lowest BCUT2D eigenvalue weighted by Crippen LogP contribution is -2.03. The normalized spacial score (nSPS) is 13.2. The molecule has 0 fully saturated rings. The average molecular weight is 272 g/mol. The van der Waals surface area contributed by atoms with Crippen LogP contribution in [0.15, 0.2) is 18.2 Å². The van der Waals surface area contributed by atoms with Crippen molar-refractivity contribution in [1.82, 2.24) is 9.78 Å². The van der Waals surface area contributed by atoms with E-state index in [0.29, 0.717) is 6.61 Å². The van der Waals surface area contributed by atoms with Crippen LogP contribution in [-0.2, 0) is 19.9 Å². The van der Waals surface area contributed by atoms with E-state index >= 15 is 0 Å². The van der Waals surface area contributed by atoms with Crippen LogP contribution in [0.2, 0.25) is 0 Å². The third-order valence-corrected chi connectivity index (χ3v) is 3.83. The number of rotatable bonds is 4. The highest BCUT2D eigenvalue weighted by molar-refractivity contribution is 5.40. The van der Waals surface area contributed by atoms with Gasteiger partial charge in [0.05, 0.1) is 18.9 Å². The van der Waals surface area contributed by atoms with Gasteiger partial charge in [0, 0.05) is 19.9 Å². The van der Waals surface area contributed by atoms with Crippen molar-refractivity contribution >= 4 is 0 Å². The number of aryl methyl sites for hydroxylation is 2. The molecule has 0 unspecified atom stereocenters. The van der Waals surface area contributed by atoms with E-state index in [9.17, 15) is 0 Å². The number of aromatic nitrogens is 2. The summed E-state index contributed by atoms with van der Waals surface area (Å²) in [5.41, 5.74) is 4.64. The summed E-state index contributed by atoms with van der Waals surface area (Å²) in [5, 5.41) is 4.36. The molecule has 0 spiro atoms. The number of fused-ring (bicyclic) bond motifs is 1. The quantitative estimate of drug-likeness (QED) is 0.858. The zero-order valence-corrected chi connectivity index (χ0v) is 12.3. The van der Waals surface area contributed by atoms with Crippen LogP contribution in [-0.4, -0.2) is 23.0 Å². The molecule has 2 aromatic rings. The van der Waals surface area contributed by atoms with Crippen LogP contribution in [0.5, 0.6) is 11.5 Å². The second-order valence-corrected chi connectivity index (χ2v) is 5.26. The zero-order valence-electron chi connectivity index (χ0n) is 12.3. The summed E-state index contributed by atoms with van der Waals surface area (Å²) in [6.07, 6.45) is 1.92. The molecule has 0 radical (unpaired) electrons. The lowest BCUT2D eigenvalue weighted by Gasteiger charge is -2.07. The van der Waals surface area contributed by atoms with Crippen LogP contribution in [0, 0.1) is 13.8 Å². The standard InChI is InChI=1S/C16H20N2O2/c1-11-16(12(2)18(3)17-11)20-8-6-13-4-5-15-14(10-13)7-9-19-15/h4-5,10H,6-9H2,1-3H3. The van der Waals surface area contributed by atoms with Crippen molar-refractivity contribution < 1.29 is 9.47 Å². The van der Waals surface area contributed by atoms with Crippen LogP contribution in [0.1, 0.15) is 22.5 Å². The van der Waals surface area contributed by atoms with Crippen LogP contribution in [0.25, 0.3) is 0 Å². The first-order valence-corrected chi connectivity index (χ1v) is 7.03. The van der Waals surface area contributed by atoms with Crippen molar-refractivity contribution in [2.45, 2.75) is 26.7 Å². The Hall–Kier alpha value is -1.97. The van der Waals surface area contributed by atoms with Gasteiger partial charge in [0.2, 0.25) is 0 Å². The maximum Gasteiger partial charge on any atom is 0.162 e. The van der Waals surface area contributed by atoms with Gasteiger partial charge in [0.1, 0.15) is 11.4 Å². The molecule has 0 bridgehead atoms. The Morgan fingerprint density at radius 3 is 2.95 bits per heavy atom. The number of benzene rings is 1. The number of nitrogens with zero attached hydrogens (tertiary/aromatic N) is 2. The fourth-order valence-electron chi connectivity index (χ4n) is 2.63. The fourth-order valence-corrected chi connectivity index (χ4v) is 2.63. The maximum atomic E-state index is 5.90. The second kappa shape index (κ2) is 5.19. The molecular formula is C16H20N2O2. The van der Waals surface area contributed by atoms with E-state index in [2.05, 4.69) is 23.3 Å². The number of hydrogen-bond acceptors (Lipinski definition) is 3. The summed E-state index contributed by atoms with van der Waals surface area (Å²) in [4.78, 5) is 0. The van der Waals surface area contributed by atoms with E-state index in [-0.39, 0.29) is 0 Å². The van der Waals surface area contributed by atoms with E-state index in [4.69, 9.17) is 9.47 Å². The highest BCUT2D eigenvalue weighted by Gasteiger charge is 2.13. The molecule has 0 saturated heterocycles. The van der Waals surface area contributed by atoms with Crippen LogP contribution < -0.4 is 9.47 Å². The average Bonchev–Trinajstić information content (AvgIpc) is 2.98. The summed E-state index contributed by atoms with van der Waals surface area (Å²) >= 11 is 0. The van der Waals surface area contributed by atoms with Crippen molar-refractivity contribution in [3.05, 3.63) is 40.7 Å². The van der Waals surface area contributed by atoms with Gasteiger partial charge in [-0.25, -0.2) is 0 Å². The summed E-state index contributed by atoms with van der Waals surface area (Å²) in [5.74, 6) is 1.95. The smallest absolute Gasteiger partial charge is 0.162 e. The van der Waals surface area contributed by atoms with Gasteiger partial charge in [-0.1, -0.05) is 12.1 Å². The minimum Gasteiger partial charge on any atom is -0.493 e. The van der Waals surface area contributed by atoms with Gasteiger partial charge >= 0.3 is 0 Å². The first-order valence-electron chi connectivity index (χ1n) is 7.03. The molecule has 3 rings (SSSR count). The number of ether oxygens (including phenoxy) is 2. The van der Waals surface area contributed by atoms with Crippen molar-refractivity contribution in [3.63, 3.8) is 0 Å². The summed E-state index contributed by atoms with van der Waals surface area (Å²) in [6, 6.07) is 6.42. The third kappa shape index (κ3) is 2.38. The molecule has 1 aromatic carbocycles. The molecule has 0 atom stereocenters. The molecule has 1 aliphatic rings. The third-order valence-electron chi connectivity index (χ3n) is 3.83. The minimum absolute atomic E-state index is 0.674. The predicted octanol–water partition coefficient (Wildman–Crippen LogP) is 2.59. The van der Waals surface area contributed by atoms with Gasteiger partial charge in [0.15, 0.2) is 5.75 Å². The van der Waals surface area contributed by atoms with E-state index in [1.165, 1.54) is 11.1 Å². The van der Waals surface area contributed by atoms with E-state index in [0.717, 1.165) is 42.3 Å². The molecule has 106 valence electrons. The SMILES string of the molecule is Cc1nn(C)c(C)c1OCCc1ccc2c(c1)CCO2. The van der Waals surface area contributed by atoms with Crippen molar-refractivity contribution in [2.75, 3.05) is 13.2 Å². The van der Waals surface area contributed by atoms with E-state index in [1.807, 2.05) is 25.6 Å². The molecule has 2 heterocycles. The largest absolute Gasteiger partial charge is 0.493 e. The van der Waals surface area contributed by atoms with Crippen LogP contribution in [0.4, 0.5) is 0 Å². The second-order valence-electron chi connectivity index (χ2n) is 5.26. The van der Waals surface area contributed by atoms with Crippen LogP contribution in [0.3, 0.4) is 0 Å². The van der Waals surface area contributed by atoms with Crippen molar-refractivity contribution in [2.24, 2.45) is 7.05 Å². The molecular weight excluding hydrogens is 252 g/mol. The molecule has 0 amide bonds. The Bertz CT molecular complexity index is 632. The summed E-state index contributed by atoms with van der Waals surface area (Å²) in [7, 11) is 1.94. The summed E-state index contributed by atoms with van der Waals surface area (Å²) in [6.45, 7) is 5.49. The lowest BCUT2D eigenvalue weighted by atomic mass is 10.1. The number of hydrogen-bond donors (Lipinski definition) is 0. The predicted molar refractivity (Wildman–Crippen MR) is 77.5 cm³/mol. The first-order chi connectivity index (χ1) is 9.65. The van der Waals surface area contributed by atoms with Gasteiger partial charge in [-0.3, -0.25) is 4.68 Å². The van der Waals surface area contributed by atoms with E-state index < -0.39 is 0 Å². The highest BCUT2D eigenvalue weighted by Crippen LogP contribution is 2.26. The Kier molecular flexibility index (Phi) is 3.38. The minimum atomic E-state index is 0.674. The monoisotopic (exact) mass is 272 g/mol. The van der Waals surface area contributed by atoms with Gasteiger partial charge in [-0.15, -0.1) is 0 Å². The van der Waals surface area contributed by atoms with Gasteiger partial charge in [-0.2, -0.15) is 5.10 Å². The van der Waals surface area contributed by atoms with Gasteiger partial charge in [0.25, 0.3) is 0 Å². The topological polar surface area (TPSA) is 36.3 Å². The zero-order chi connectivity index (χ0) is 14.1. The van der Waals surface area contributed by atoms with Crippen LogP contribution >= 0.6 is 0 Å². The fraction of sp³-hybridized carbons (Fsp3) is 0.438. The molecule has 1 aromatic heterocycles. The Labute approximate surface area is 119 Å². The maximum absolute atomic E-state index is 5.90. The summed E-state index contributed by atoms with van der Waals surface area (Å²) < 4.78 is 13.3. The van der Waals surface area contributed by atoms with Crippen molar-refractivity contribution in [3.8, 4) is 11.5 Å².